The third kappa shape index (κ3) is 5.17. The molecule has 1 unspecified atom stereocenters. The molecule has 2 heterocycles. The molecule has 1 N–H and O–H groups in total. The van der Waals surface area contributed by atoms with E-state index in [4.69, 9.17) is 18.9 Å². The average molecular weight is 497 g/mol. The van der Waals surface area contributed by atoms with Gasteiger partial charge in [0.15, 0.2) is 0 Å². The Morgan fingerprint density at radius 2 is 1.61 bits per heavy atom. The minimum atomic E-state index is -0.832. The Morgan fingerprint density at radius 3 is 2.25 bits per heavy atom. The van der Waals surface area contributed by atoms with Crippen molar-refractivity contribution in [2.45, 2.75) is 12.5 Å². The lowest BCUT2D eigenvalue weighted by molar-refractivity contribution is -0.140. The first-order valence-electron chi connectivity index (χ1n) is 11.9. The van der Waals surface area contributed by atoms with Gasteiger partial charge in [-0.1, -0.05) is 0 Å². The molecule has 0 bridgehead atoms. The lowest BCUT2D eigenvalue weighted by Gasteiger charge is -2.29. The fraction of sp³-hybridized carbons (Fsp3) is 0.407. The molecule has 36 heavy (non-hydrogen) atoms. The summed E-state index contributed by atoms with van der Waals surface area (Å²) in [4.78, 5) is 30.4. The van der Waals surface area contributed by atoms with E-state index in [1.54, 1.807) is 56.7 Å². The maximum absolute atomic E-state index is 13.3. The van der Waals surface area contributed by atoms with Crippen LogP contribution in [0, 0.1) is 0 Å². The molecular formula is C27H32N2O7. The number of ether oxygens (including phenoxy) is 4. The Labute approximate surface area is 210 Å². The smallest absolute Gasteiger partial charge is 0.295 e. The zero-order valence-electron chi connectivity index (χ0n) is 20.9. The number of carbonyl (C=O) groups is 2. The third-order valence-corrected chi connectivity index (χ3v) is 6.61. The van der Waals surface area contributed by atoms with E-state index in [0.29, 0.717) is 54.6 Å². The first-order chi connectivity index (χ1) is 17.5. The van der Waals surface area contributed by atoms with Gasteiger partial charge in [0, 0.05) is 37.3 Å². The van der Waals surface area contributed by atoms with Gasteiger partial charge < -0.3 is 29.0 Å². The quantitative estimate of drug-likeness (QED) is 0.322. The highest BCUT2D eigenvalue weighted by molar-refractivity contribution is 6.46. The standard InChI is InChI=1S/C27H32N2O7/c1-33-19-7-5-18(6-8-19)25(30)23-24(21-17-20(34-2)9-10-22(21)35-3)29(27(32)26(23)31)12-4-11-28-13-15-36-16-14-28/h5-10,17,24,30H,4,11-16H2,1-3H3/b25-23+. The fourth-order valence-electron chi connectivity index (χ4n) is 4.68. The number of aliphatic hydroxyl groups excluding tert-OH is 1. The van der Waals surface area contributed by atoms with Crippen LogP contribution in [0.5, 0.6) is 17.2 Å². The van der Waals surface area contributed by atoms with Crippen molar-refractivity contribution in [3.8, 4) is 17.2 Å². The van der Waals surface area contributed by atoms with Gasteiger partial charge in [-0.2, -0.15) is 0 Å². The number of likely N-dealkylation sites (tertiary alicyclic amines) is 1. The number of rotatable bonds is 9. The number of carbonyl (C=O) groups excluding carboxylic acids is 2. The molecule has 2 aromatic carbocycles. The van der Waals surface area contributed by atoms with Gasteiger partial charge in [0.05, 0.1) is 46.2 Å². The van der Waals surface area contributed by atoms with Crippen LogP contribution in [0.1, 0.15) is 23.6 Å². The fourth-order valence-corrected chi connectivity index (χ4v) is 4.68. The summed E-state index contributed by atoms with van der Waals surface area (Å²) in [6.07, 6.45) is 0.665. The van der Waals surface area contributed by atoms with Crippen molar-refractivity contribution in [2.75, 3.05) is 60.7 Å². The minimum Gasteiger partial charge on any atom is -0.507 e. The van der Waals surface area contributed by atoms with Crippen LogP contribution in [0.25, 0.3) is 5.76 Å². The number of methoxy groups -OCH3 is 3. The van der Waals surface area contributed by atoms with Crippen molar-refractivity contribution >= 4 is 17.4 Å². The van der Waals surface area contributed by atoms with E-state index >= 15 is 0 Å². The Kier molecular flexibility index (Phi) is 8.12. The Bertz CT molecular complexity index is 1120. The number of amides is 1. The molecule has 9 nitrogen and oxygen atoms in total. The van der Waals surface area contributed by atoms with Gasteiger partial charge in [-0.25, -0.2) is 0 Å². The molecular weight excluding hydrogens is 464 g/mol. The molecule has 192 valence electrons. The number of nitrogens with zero attached hydrogens (tertiary/aromatic N) is 2. The summed E-state index contributed by atoms with van der Waals surface area (Å²) in [6.45, 7) is 4.16. The van der Waals surface area contributed by atoms with Gasteiger partial charge >= 0.3 is 0 Å². The van der Waals surface area contributed by atoms with E-state index in [1.165, 1.54) is 12.0 Å². The molecule has 2 saturated heterocycles. The maximum Gasteiger partial charge on any atom is 0.295 e. The van der Waals surface area contributed by atoms with Crippen LogP contribution < -0.4 is 14.2 Å². The molecule has 0 aromatic heterocycles. The van der Waals surface area contributed by atoms with Crippen LogP contribution in [0.2, 0.25) is 0 Å². The average Bonchev–Trinajstić information content (AvgIpc) is 3.17. The highest BCUT2D eigenvalue weighted by atomic mass is 16.5. The number of hydrogen-bond acceptors (Lipinski definition) is 8. The number of Topliss-reactive ketones (excluding diaryl/α,β-unsaturated/α-hetero) is 1. The van der Waals surface area contributed by atoms with Gasteiger partial charge in [0.2, 0.25) is 0 Å². The maximum atomic E-state index is 13.3. The molecule has 2 aromatic rings. The van der Waals surface area contributed by atoms with Crippen molar-refractivity contribution in [2.24, 2.45) is 0 Å². The summed E-state index contributed by atoms with van der Waals surface area (Å²) in [5.74, 6) is 0.0184. The van der Waals surface area contributed by atoms with Crippen molar-refractivity contribution in [3.05, 3.63) is 59.2 Å². The summed E-state index contributed by atoms with van der Waals surface area (Å²) in [5.41, 5.74) is 0.995. The third-order valence-electron chi connectivity index (χ3n) is 6.61. The SMILES string of the molecule is COc1ccc(/C(O)=C2\C(=O)C(=O)N(CCCN3CCOCC3)C2c2cc(OC)ccc2OC)cc1. The van der Waals surface area contributed by atoms with E-state index in [9.17, 15) is 14.7 Å². The van der Waals surface area contributed by atoms with Crippen LogP contribution in [0.3, 0.4) is 0 Å². The van der Waals surface area contributed by atoms with Crippen LogP contribution in [0.4, 0.5) is 0 Å². The molecule has 2 aliphatic heterocycles. The van der Waals surface area contributed by atoms with Gasteiger partial charge in [-0.15, -0.1) is 0 Å². The second kappa shape index (κ2) is 11.5. The Morgan fingerprint density at radius 1 is 0.944 bits per heavy atom. The number of morpholine rings is 1. The molecule has 0 spiro atoms. The molecule has 2 fully saturated rings. The second-order valence-corrected chi connectivity index (χ2v) is 8.64. The normalized spacial score (nSPS) is 20.0. The van der Waals surface area contributed by atoms with Crippen LogP contribution >= 0.6 is 0 Å². The summed E-state index contributed by atoms with van der Waals surface area (Å²) in [6, 6.07) is 11.1. The monoisotopic (exact) mass is 496 g/mol. The van der Waals surface area contributed by atoms with Gasteiger partial charge in [-0.3, -0.25) is 14.5 Å². The van der Waals surface area contributed by atoms with Gasteiger partial charge in [-0.05, 0) is 48.9 Å². The first-order valence-corrected chi connectivity index (χ1v) is 11.9. The lowest BCUT2D eigenvalue weighted by Crippen LogP contribution is -2.39. The predicted octanol–water partition coefficient (Wildman–Crippen LogP) is 2.86. The molecule has 1 atom stereocenters. The Balaban J connectivity index is 1.75. The number of hydrogen-bond donors (Lipinski definition) is 1. The van der Waals surface area contributed by atoms with E-state index in [2.05, 4.69) is 4.90 Å². The van der Waals surface area contributed by atoms with Crippen LogP contribution in [-0.4, -0.2) is 87.3 Å². The van der Waals surface area contributed by atoms with Gasteiger partial charge in [0.25, 0.3) is 11.7 Å². The first kappa shape index (κ1) is 25.5. The summed E-state index contributed by atoms with van der Waals surface area (Å²) in [7, 11) is 4.62. The number of ketones is 1. The summed E-state index contributed by atoms with van der Waals surface area (Å²) >= 11 is 0. The summed E-state index contributed by atoms with van der Waals surface area (Å²) < 4.78 is 21.6. The Hall–Kier alpha value is -3.56. The van der Waals surface area contributed by atoms with Gasteiger partial charge in [0.1, 0.15) is 23.0 Å². The molecule has 2 aliphatic rings. The van der Waals surface area contributed by atoms with E-state index in [0.717, 1.165) is 19.6 Å². The number of aliphatic hydroxyl groups is 1. The highest BCUT2D eigenvalue weighted by Crippen LogP contribution is 2.44. The second-order valence-electron chi connectivity index (χ2n) is 8.64. The molecule has 0 aliphatic carbocycles. The van der Waals surface area contributed by atoms with E-state index < -0.39 is 17.7 Å². The number of benzene rings is 2. The molecule has 0 saturated carbocycles. The molecule has 0 radical (unpaired) electrons. The molecule has 1 amide bonds. The summed E-state index contributed by atoms with van der Waals surface area (Å²) in [5, 5.41) is 11.3. The zero-order chi connectivity index (χ0) is 25.7. The van der Waals surface area contributed by atoms with Crippen molar-refractivity contribution in [1.29, 1.82) is 0 Å². The zero-order valence-corrected chi connectivity index (χ0v) is 20.9. The minimum absolute atomic E-state index is 0.0168. The van der Waals surface area contributed by atoms with Crippen LogP contribution in [0.15, 0.2) is 48.0 Å². The predicted molar refractivity (Wildman–Crippen MR) is 133 cm³/mol. The largest absolute Gasteiger partial charge is 0.507 e. The molecule has 4 rings (SSSR count). The van der Waals surface area contributed by atoms with Crippen molar-refractivity contribution < 1.29 is 33.6 Å². The van der Waals surface area contributed by atoms with Crippen molar-refractivity contribution in [3.63, 3.8) is 0 Å². The lowest BCUT2D eigenvalue weighted by atomic mass is 9.94. The van der Waals surface area contributed by atoms with Crippen molar-refractivity contribution in [1.82, 2.24) is 9.80 Å². The van der Waals surface area contributed by atoms with E-state index in [1.807, 2.05) is 0 Å². The van der Waals surface area contributed by atoms with Crippen LogP contribution in [-0.2, 0) is 14.3 Å². The highest BCUT2D eigenvalue weighted by Gasteiger charge is 2.47. The molecule has 9 heteroatoms. The topological polar surface area (TPSA) is 97.8 Å². The van der Waals surface area contributed by atoms with E-state index in [-0.39, 0.29) is 11.3 Å².